The van der Waals surface area contributed by atoms with Gasteiger partial charge in [0.25, 0.3) is 5.91 Å². The Kier molecular flexibility index (Phi) is 9.53. The summed E-state index contributed by atoms with van der Waals surface area (Å²) in [5.41, 5.74) is 18.3. The third-order valence-electron chi connectivity index (χ3n) is 9.87. The predicted octanol–water partition coefficient (Wildman–Crippen LogP) is 9.25. The number of hydrogen-bond acceptors (Lipinski definition) is 12. The van der Waals surface area contributed by atoms with Crippen molar-refractivity contribution in [3.05, 3.63) is 151 Å². The Balaban J connectivity index is 0.000000152. The van der Waals surface area contributed by atoms with E-state index in [1.165, 1.54) is 33.6 Å². The molecule has 4 aromatic carbocycles. The number of carbonyl (C=O) groups excluding carboxylic acids is 1. The van der Waals surface area contributed by atoms with Gasteiger partial charge in [-0.25, -0.2) is 9.97 Å². The molecule has 6 heterocycles. The number of nitriles is 1. The molecule has 0 atom stereocenters. The summed E-state index contributed by atoms with van der Waals surface area (Å²) < 4.78 is 3.35. The molecule has 0 bridgehead atoms. The summed E-state index contributed by atoms with van der Waals surface area (Å²) in [5, 5.41) is 20.5. The lowest BCUT2D eigenvalue weighted by molar-refractivity contribution is 0.0996. The van der Waals surface area contributed by atoms with Crippen LogP contribution < -0.4 is 16.4 Å². The topological polar surface area (TPSA) is 186 Å². The molecule has 0 unspecified atom stereocenters. The summed E-state index contributed by atoms with van der Waals surface area (Å²) in [5.74, 6) is -0.630. The van der Waals surface area contributed by atoms with Crippen LogP contribution in [-0.4, -0.2) is 45.4 Å². The molecule has 0 spiro atoms. The van der Waals surface area contributed by atoms with E-state index in [1.54, 1.807) is 54.6 Å². The molecule has 14 heteroatoms. The van der Waals surface area contributed by atoms with Gasteiger partial charge in [-0.15, -0.1) is 11.3 Å². The van der Waals surface area contributed by atoms with Crippen molar-refractivity contribution in [3.8, 4) is 28.3 Å². The fourth-order valence-corrected chi connectivity index (χ4v) is 7.93. The Labute approximate surface area is 340 Å². The molecule has 0 saturated carbocycles. The number of thiophene rings is 1. The molecule has 284 valence electrons. The first-order valence-electron chi connectivity index (χ1n) is 18.3. The lowest BCUT2D eigenvalue weighted by Crippen LogP contribution is -2.15. The highest BCUT2D eigenvalue weighted by Gasteiger charge is 2.15. The number of nitrogens with zero attached hydrogens (tertiary/aromatic N) is 9. The maximum Gasteiger partial charge on any atom is 0.269 e. The zero-order valence-electron chi connectivity index (χ0n) is 31.6. The van der Waals surface area contributed by atoms with Crippen LogP contribution in [0.2, 0.25) is 0 Å². The standard InChI is InChI=1S/C23H15N5S.C22H17N7O/c1-14-13-29-22-3-2-15(8-18(14)22)19-9-17(10-20-23(19)27-7-6-26-20)28-21-12-25-5-4-16(21)11-24;1-29-7-4-13-2-3-14(8-19(13)29)16-9-15(10-17-20(16)26-6-5-25-17)28-18-11-24-12-27-21(18)22(23)30/h2-10,12-13,28H,1H3;2-12,28H,1H3,(H2,23,30). The fraction of sp³-hybridized carbons (Fsp3) is 0.0444. The molecular formula is C45H32N12OS. The minimum atomic E-state index is -0.630. The highest BCUT2D eigenvalue weighted by molar-refractivity contribution is 7.17. The van der Waals surface area contributed by atoms with E-state index in [1.807, 2.05) is 37.5 Å². The SMILES string of the molecule is Cc1csc2ccc(-c3cc(Nc4cnccc4C#N)cc4nccnc34)cc12.Cn1ccc2ccc(-c3cc(Nc4cncnc4C(N)=O)cc4nccnc34)cc21. The number of benzene rings is 4. The van der Waals surface area contributed by atoms with Crippen LogP contribution in [0.3, 0.4) is 0 Å². The van der Waals surface area contributed by atoms with E-state index in [-0.39, 0.29) is 5.69 Å². The van der Waals surface area contributed by atoms with Gasteiger partial charge >= 0.3 is 0 Å². The number of hydrogen-bond donors (Lipinski definition) is 3. The Bertz CT molecular complexity index is 3280. The normalized spacial score (nSPS) is 11.0. The summed E-state index contributed by atoms with van der Waals surface area (Å²) in [7, 11) is 2.02. The fourth-order valence-electron chi connectivity index (χ4n) is 7.01. The first-order valence-corrected chi connectivity index (χ1v) is 19.2. The molecule has 10 rings (SSSR count). The zero-order chi connectivity index (χ0) is 40.5. The maximum atomic E-state index is 11.7. The second kappa shape index (κ2) is 15.4. The van der Waals surface area contributed by atoms with E-state index in [0.29, 0.717) is 16.9 Å². The number of aromatic nitrogens is 8. The lowest BCUT2D eigenvalue weighted by atomic mass is 10.0. The molecule has 1 amide bonds. The summed E-state index contributed by atoms with van der Waals surface area (Å²) in [6.45, 7) is 2.13. The quantitative estimate of drug-likeness (QED) is 0.140. The first kappa shape index (κ1) is 36.5. The third kappa shape index (κ3) is 7.21. The van der Waals surface area contributed by atoms with Crippen LogP contribution in [-0.2, 0) is 7.05 Å². The van der Waals surface area contributed by atoms with E-state index < -0.39 is 5.91 Å². The van der Waals surface area contributed by atoms with E-state index in [2.05, 4.69) is 111 Å². The first-order chi connectivity index (χ1) is 28.8. The second-order valence-corrected chi connectivity index (χ2v) is 14.6. The summed E-state index contributed by atoms with van der Waals surface area (Å²) in [6, 6.07) is 26.6. The average molecular weight is 789 g/mol. The highest BCUT2D eigenvalue weighted by Crippen LogP contribution is 2.36. The Morgan fingerprint density at radius 2 is 1.41 bits per heavy atom. The van der Waals surface area contributed by atoms with Gasteiger partial charge in [0, 0.05) is 76.9 Å². The van der Waals surface area contributed by atoms with Gasteiger partial charge in [-0.2, -0.15) is 5.26 Å². The molecule has 59 heavy (non-hydrogen) atoms. The van der Waals surface area contributed by atoms with Gasteiger partial charge in [0.1, 0.15) is 12.4 Å². The summed E-state index contributed by atoms with van der Waals surface area (Å²) in [4.78, 5) is 41.9. The molecule has 6 aromatic heterocycles. The van der Waals surface area contributed by atoms with Crippen molar-refractivity contribution >= 4 is 83.0 Å². The number of nitrogens with two attached hydrogens (primary N) is 1. The number of pyridine rings is 1. The number of aryl methyl sites for hydroxylation is 2. The molecular weight excluding hydrogens is 757 g/mol. The molecule has 0 aliphatic carbocycles. The van der Waals surface area contributed by atoms with Crippen molar-refractivity contribution < 1.29 is 4.79 Å². The van der Waals surface area contributed by atoms with Gasteiger partial charge in [-0.3, -0.25) is 29.7 Å². The van der Waals surface area contributed by atoms with Crippen molar-refractivity contribution in [2.45, 2.75) is 6.92 Å². The van der Waals surface area contributed by atoms with Crippen LogP contribution in [0.4, 0.5) is 22.7 Å². The van der Waals surface area contributed by atoms with Crippen molar-refractivity contribution in [3.63, 3.8) is 0 Å². The summed E-state index contributed by atoms with van der Waals surface area (Å²) >= 11 is 1.75. The Morgan fingerprint density at radius 1 is 0.746 bits per heavy atom. The average Bonchev–Trinajstić information content (AvgIpc) is 3.84. The number of carbonyl (C=O) groups is 1. The lowest BCUT2D eigenvalue weighted by Gasteiger charge is -2.13. The zero-order valence-corrected chi connectivity index (χ0v) is 32.4. The van der Waals surface area contributed by atoms with Gasteiger partial charge in [0.05, 0.1) is 51.4 Å². The number of amides is 1. The Morgan fingerprint density at radius 3 is 2.12 bits per heavy atom. The largest absolute Gasteiger partial charge is 0.364 e. The number of primary amides is 1. The maximum absolute atomic E-state index is 11.7. The van der Waals surface area contributed by atoms with Crippen molar-refractivity contribution in [1.29, 1.82) is 5.26 Å². The number of anilines is 4. The van der Waals surface area contributed by atoms with Crippen molar-refractivity contribution in [2.24, 2.45) is 12.8 Å². The van der Waals surface area contributed by atoms with Crippen molar-refractivity contribution in [1.82, 2.24) is 39.5 Å². The Hall–Kier alpha value is -8.15. The monoisotopic (exact) mass is 788 g/mol. The molecule has 0 aliphatic rings. The number of fused-ring (bicyclic) bond motifs is 4. The molecule has 0 saturated heterocycles. The number of nitrogens with one attached hydrogen (secondary N) is 2. The van der Waals surface area contributed by atoms with Crippen LogP contribution >= 0.6 is 11.3 Å². The minimum Gasteiger partial charge on any atom is -0.364 e. The molecule has 0 fully saturated rings. The van der Waals surface area contributed by atoms with Crippen LogP contribution in [0.25, 0.3) is 65.3 Å². The second-order valence-electron chi connectivity index (χ2n) is 13.7. The van der Waals surface area contributed by atoms with Crippen LogP contribution in [0, 0.1) is 18.3 Å². The molecule has 0 aliphatic heterocycles. The van der Waals surface area contributed by atoms with Crippen LogP contribution in [0.5, 0.6) is 0 Å². The molecule has 13 nitrogen and oxygen atoms in total. The van der Waals surface area contributed by atoms with Gasteiger partial charge in [-0.05, 0) is 94.4 Å². The van der Waals surface area contributed by atoms with Crippen LogP contribution in [0.1, 0.15) is 21.6 Å². The molecule has 10 aromatic rings. The van der Waals surface area contributed by atoms with Crippen molar-refractivity contribution in [2.75, 3.05) is 10.6 Å². The van der Waals surface area contributed by atoms with E-state index in [4.69, 9.17) is 5.73 Å². The predicted molar refractivity (Wildman–Crippen MR) is 233 cm³/mol. The minimum absolute atomic E-state index is 0.121. The number of rotatable bonds is 7. The third-order valence-corrected chi connectivity index (χ3v) is 11.0. The summed E-state index contributed by atoms with van der Waals surface area (Å²) in [6.07, 6.45) is 14.8. The molecule has 4 N–H and O–H groups in total. The van der Waals surface area contributed by atoms with Gasteiger partial charge in [0.15, 0.2) is 5.69 Å². The smallest absolute Gasteiger partial charge is 0.269 e. The van der Waals surface area contributed by atoms with Gasteiger partial charge in [0.2, 0.25) is 0 Å². The van der Waals surface area contributed by atoms with E-state index in [9.17, 15) is 10.1 Å². The van der Waals surface area contributed by atoms with E-state index in [0.717, 1.165) is 61.2 Å². The van der Waals surface area contributed by atoms with Gasteiger partial charge in [-0.1, -0.05) is 18.2 Å². The highest BCUT2D eigenvalue weighted by atomic mass is 32.1. The van der Waals surface area contributed by atoms with E-state index >= 15 is 0 Å². The molecule has 0 radical (unpaired) electrons. The van der Waals surface area contributed by atoms with Crippen LogP contribution in [0.15, 0.2) is 134 Å². The van der Waals surface area contributed by atoms with Gasteiger partial charge < -0.3 is 20.9 Å².